The van der Waals surface area contributed by atoms with Crippen molar-refractivity contribution < 1.29 is 19.1 Å². The Bertz CT molecular complexity index is 347. The molecule has 0 aromatic heterocycles. The molecule has 0 aromatic carbocycles. The van der Waals surface area contributed by atoms with Crippen LogP contribution in [0.5, 0.6) is 0 Å². The maximum Gasteiger partial charge on any atom is 0.416 e. The zero-order valence-electron chi connectivity index (χ0n) is 17.9. The van der Waals surface area contributed by atoms with Gasteiger partial charge in [0.05, 0.1) is 13.2 Å². The number of carbonyl (C=O) groups excluding carboxylic acids is 2. The van der Waals surface area contributed by atoms with E-state index in [0.717, 1.165) is 25.7 Å². The number of hydrogen-bond acceptors (Lipinski definition) is 4. The zero-order chi connectivity index (χ0) is 20.0. The topological polar surface area (TPSA) is 64.6 Å². The molecule has 0 unspecified atom stereocenters. The van der Waals surface area contributed by atoms with Crippen molar-refractivity contribution in [3.8, 4) is 0 Å². The van der Waals surface area contributed by atoms with Gasteiger partial charge in [0.1, 0.15) is 0 Å². The van der Waals surface area contributed by atoms with Gasteiger partial charge in [0.15, 0.2) is 0 Å². The third-order valence-electron chi connectivity index (χ3n) is 4.67. The van der Waals surface area contributed by atoms with E-state index in [9.17, 15) is 9.59 Å². The summed E-state index contributed by atoms with van der Waals surface area (Å²) < 4.78 is 9.98. The summed E-state index contributed by atoms with van der Waals surface area (Å²) in [4.78, 5) is 22.9. The number of alkyl carbamates (subject to hydrolysis) is 2. The summed E-state index contributed by atoms with van der Waals surface area (Å²) in [6.45, 7) is 5.13. The summed E-state index contributed by atoms with van der Waals surface area (Å²) in [6, 6.07) is 0. The van der Waals surface area contributed by atoms with Gasteiger partial charge in [-0.3, -0.25) is 0 Å². The maximum atomic E-state index is 11.5. The molecular weight excluding hydrogens is 342 g/mol. The van der Waals surface area contributed by atoms with Crippen molar-refractivity contribution in [2.45, 2.75) is 117 Å². The van der Waals surface area contributed by atoms with Crippen molar-refractivity contribution in [1.82, 2.24) is 5.32 Å². The standard InChI is InChI=1S/C22H43NO4/c1-3-5-7-9-11-12-13-14-16-18-20-27-22(25)23-21(24)26-19-17-15-10-8-6-4-2/h3-20H2,1-2H3,(H,23,24,25). The van der Waals surface area contributed by atoms with Gasteiger partial charge in [-0.1, -0.05) is 104 Å². The monoisotopic (exact) mass is 385 g/mol. The molecule has 0 atom stereocenters. The lowest BCUT2D eigenvalue weighted by molar-refractivity contribution is 0.122. The molecule has 0 aromatic rings. The first kappa shape index (κ1) is 25.7. The number of carbonyl (C=O) groups is 2. The van der Waals surface area contributed by atoms with Crippen LogP contribution in [0.1, 0.15) is 117 Å². The Kier molecular flexibility index (Phi) is 20.1. The first-order valence-electron chi connectivity index (χ1n) is 11.3. The lowest BCUT2D eigenvalue weighted by Gasteiger charge is -2.07. The molecule has 0 rings (SSSR count). The SMILES string of the molecule is CCCCCCCCCCCCOC(=O)NC(=O)OCCCCCCCC. The quantitative estimate of drug-likeness (QED) is 0.255. The Balaban J connectivity index is 3.32. The third-order valence-corrected chi connectivity index (χ3v) is 4.67. The molecule has 0 saturated heterocycles. The number of imide groups is 1. The summed E-state index contributed by atoms with van der Waals surface area (Å²) >= 11 is 0. The minimum Gasteiger partial charge on any atom is -0.449 e. The van der Waals surface area contributed by atoms with Crippen molar-refractivity contribution >= 4 is 12.2 Å². The molecule has 5 heteroatoms. The number of ether oxygens (including phenoxy) is 2. The van der Waals surface area contributed by atoms with E-state index in [1.165, 1.54) is 77.0 Å². The van der Waals surface area contributed by atoms with Crippen LogP contribution in [0, 0.1) is 0 Å². The molecule has 0 heterocycles. The Hall–Kier alpha value is -1.26. The van der Waals surface area contributed by atoms with Crippen LogP contribution in [0.25, 0.3) is 0 Å². The van der Waals surface area contributed by atoms with Crippen LogP contribution in [-0.4, -0.2) is 25.4 Å². The van der Waals surface area contributed by atoms with Crippen LogP contribution in [-0.2, 0) is 9.47 Å². The van der Waals surface area contributed by atoms with Crippen LogP contribution >= 0.6 is 0 Å². The van der Waals surface area contributed by atoms with E-state index in [0.29, 0.717) is 13.2 Å². The number of nitrogens with one attached hydrogen (secondary N) is 1. The highest BCUT2D eigenvalue weighted by Crippen LogP contribution is 2.10. The fraction of sp³-hybridized carbons (Fsp3) is 0.909. The minimum atomic E-state index is -0.711. The molecular formula is C22H43NO4. The average Bonchev–Trinajstić information content (AvgIpc) is 2.65. The highest BCUT2D eigenvalue weighted by atomic mass is 16.6. The van der Waals surface area contributed by atoms with Gasteiger partial charge >= 0.3 is 12.2 Å². The Morgan fingerprint density at radius 2 is 0.815 bits per heavy atom. The Morgan fingerprint density at radius 1 is 0.519 bits per heavy atom. The van der Waals surface area contributed by atoms with Crippen molar-refractivity contribution in [3.05, 3.63) is 0 Å². The number of unbranched alkanes of at least 4 members (excludes halogenated alkanes) is 14. The smallest absolute Gasteiger partial charge is 0.416 e. The Labute approximate surface area is 167 Å². The van der Waals surface area contributed by atoms with E-state index >= 15 is 0 Å². The fourth-order valence-electron chi connectivity index (χ4n) is 2.96. The van der Waals surface area contributed by atoms with Gasteiger partial charge in [-0.15, -0.1) is 0 Å². The maximum absolute atomic E-state index is 11.5. The molecule has 0 aliphatic carbocycles. The predicted octanol–water partition coefficient (Wildman–Crippen LogP) is 7.13. The first-order chi connectivity index (χ1) is 13.2. The second-order valence-electron chi connectivity index (χ2n) is 7.35. The molecule has 0 radical (unpaired) electrons. The highest BCUT2D eigenvalue weighted by Gasteiger charge is 2.09. The van der Waals surface area contributed by atoms with Crippen LogP contribution in [0.3, 0.4) is 0 Å². The molecule has 0 spiro atoms. The third kappa shape index (κ3) is 20.9. The molecule has 160 valence electrons. The average molecular weight is 386 g/mol. The van der Waals surface area contributed by atoms with Crippen LogP contribution in [0.4, 0.5) is 9.59 Å². The summed E-state index contributed by atoms with van der Waals surface area (Å²) in [5.41, 5.74) is 0. The molecule has 0 bridgehead atoms. The van der Waals surface area contributed by atoms with Crippen LogP contribution in [0.2, 0.25) is 0 Å². The fourth-order valence-corrected chi connectivity index (χ4v) is 2.96. The molecule has 27 heavy (non-hydrogen) atoms. The van der Waals surface area contributed by atoms with E-state index in [1.807, 2.05) is 0 Å². The zero-order valence-corrected chi connectivity index (χ0v) is 17.9. The normalized spacial score (nSPS) is 10.6. The van der Waals surface area contributed by atoms with Gasteiger partial charge in [0.25, 0.3) is 0 Å². The molecule has 1 N–H and O–H groups in total. The van der Waals surface area contributed by atoms with Crippen LogP contribution < -0.4 is 5.32 Å². The summed E-state index contributed by atoms with van der Waals surface area (Å²) in [7, 11) is 0. The van der Waals surface area contributed by atoms with E-state index < -0.39 is 12.2 Å². The van der Waals surface area contributed by atoms with E-state index in [4.69, 9.17) is 9.47 Å². The van der Waals surface area contributed by atoms with E-state index in [2.05, 4.69) is 19.2 Å². The van der Waals surface area contributed by atoms with Gasteiger partial charge in [0, 0.05) is 0 Å². The van der Waals surface area contributed by atoms with Crippen molar-refractivity contribution in [2.75, 3.05) is 13.2 Å². The van der Waals surface area contributed by atoms with Gasteiger partial charge in [-0.05, 0) is 12.8 Å². The lowest BCUT2D eigenvalue weighted by atomic mass is 10.1. The first-order valence-corrected chi connectivity index (χ1v) is 11.3. The summed E-state index contributed by atoms with van der Waals surface area (Å²) in [5, 5.41) is 2.10. The molecule has 0 aliphatic rings. The van der Waals surface area contributed by atoms with Crippen LogP contribution in [0.15, 0.2) is 0 Å². The molecule has 0 saturated carbocycles. The van der Waals surface area contributed by atoms with Gasteiger partial charge in [0.2, 0.25) is 0 Å². The van der Waals surface area contributed by atoms with E-state index in [1.54, 1.807) is 0 Å². The van der Waals surface area contributed by atoms with E-state index in [-0.39, 0.29) is 0 Å². The van der Waals surface area contributed by atoms with Gasteiger partial charge in [-0.2, -0.15) is 0 Å². The largest absolute Gasteiger partial charge is 0.449 e. The molecule has 0 fully saturated rings. The second-order valence-corrected chi connectivity index (χ2v) is 7.35. The lowest BCUT2D eigenvalue weighted by Crippen LogP contribution is -2.32. The number of rotatable bonds is 18. The summed E-state index contributed by atoms with van der Waals surface area (Å²) in [5.74, 6) is 0. The predicted molar refractivity (Wildman–Crippen MR) is 111 cm³/mol. The number of hydrogen-bond donors (Lipinski definition) is 1. The molecule has 0 aliphatic heterocycles. The van der Waals surface area contributed by atoms with Crippen molar-refractivity contribution in [2.24, 2.45) is 0 Å². The van der Waals surface area contributed by atoms with Gasteiger partial charge in [-0.25, -0.2) is 14.9 Å². The summed E-state index contributed by atoms with van der Waals surface area (Å²) in [6.07, 6.45) is 17.7. The molecule has 5 nitrogen and oxygen atoms in total. The highest BCUT2D eigenvalue weighted by molar-refractivity contribution is 5.87. The van der Waals surface area contributed by atoms with Crippen molar-refractivity contribution in [1.29, 1.82) is 0 Å². The minimum absolute atomic E-state index is 0.351. The van der Waals surface area contributed by atoms with Gasteiger partial charge < -0.3 is 9.47 Å². The number of amides is 2. The second kappa shape index (κ2) is 21.0. The van der Waals surface area contributed by atoms with Crippen molar-refractivity contribution in [3.63, 3.8) is 0 Å². The Morgan fingerprint density at radius 3 is 1.15 bits per heavy atom. The molecule has 2 amide bonds.